The largest absolute Gasteiger partial charge is 0.361 e. The molecule has 0 aliphatic heterocycles. The van der Waals surface area contributed by atoms with Gasteiger partial charge in [-0.15, -0.1) is 10.2 Å². The van der Waals surface area contributed by atoms with Gasteiger partial charge in [0.25, 0.3) is 0 Å². The van der Waals surface area contributed by atoms with Gasteiger partial charge >= 0.3 is 0 Å². The summed E-state index contributed by atoms with van der Waals surface area (Å²) in [5, 5.41) is 14.8. The number of nitrogens with one attached hydrogen (secondary N) is 1. The van der Waals surface area contributed by atoms with Crippen molar-refractivity contribution in [3.05, 3.63) is 36.2 Å². The average Bonchev–Trinajstić information content (AvgIpc) is 2.94. The molecule has 3 heterocycles. The van der Waals surface area contributed by atoms with E-state index < -0.39 is 0 Å². The van der Waals surface area contributed by atoms with Crippen LogP contribution in [0.3, 0.4) is 0 Å². The highest BCUT2D eigenvalue weighted by Gasteiger charge is 2.05. The second kappa shape index (κ2) is 3.85. The van der Waals surface area contributed by atoms with Crippen LogP contribution in [0.25, 0.3) is 5.65 Å². The van der Waals surface area contributed by atoms with Crippen LogP contribution in [-0.4, -0.2) is 24.7 Å². The minimum Gasteiger partial charge on any atom is -0.361 e. The Morgan fingerprint density at radius 2 is 2.41 bits per heavy atom. The lowest BCUT2D eigenvalue weighted by molar-refractivity contribution is 0.391. The number of rotatable bonds is 3. The molecule has 3 rings (SSSR count). The summed E-state index contributed by atoms with van der Waals surface area (Å²) in [4.78, 5) is 4.21. The first-order valence-electron chi connectivity index (χ1n) is 5.13. The molecule has 0 saturated heterocycles. The highest BCUT2D eigenvalue weighted by atomic mass is 16.5. The lowest BCUT2D eigenvalue weighted by atomic mass is 10.4. The Bertz CT molecular complexity index is 643. The van der Waals surface area contributed by atoms with Gasteiger partial charge < -0.3 is 9.84 Å². The molecule has 1 N–H and O–H groups in total. The Hall–Kier alpha value is -2.44. The first-order valence-corrected chi connectivity index (χ1v) is 5.13. The van der Waals surface area contributed by atoms with Crippen molar-refractivity contribution >= 4 is 11.5 Å². The maximum atomic E-state index is 4.98. The molecule has 86 valence electrons. The molecule has 0 aliphatic rings. The summed E-state index contributed by atoms with van der Waals surface area (Å²) in [6, 6.07) is 1.87. The Labute approximate surface area is 96.5 Å². The smallest absolute Gasteiger partial charge is 0.203 e. The maximum absolute atomic E-state index is 4.98. The van der Waals surface area contributed by atoms with Crippen molar-refractivity contribution in [2.75, 3.05) is 5.32 Å². The zero-order chi connectivity index (χ0) is 11.7. The summed E-state index contributed by atoms with van der Waals surface area (Å²) in [7, 11) is 0. The van der Waals surface area contributed by atoms with Crippen LogP contribution >= 0.6 is 0 Å². The number of aryl methyl sites for hydroxylation is 1. The van der Waals surface area contributed by atoms with Gasteiger partial charge in [0, 0.05) is 18.5 Å². The number of anilines is 1. The molecule has 0 spiro atoms. The summed E-state index contributed by atoms with van der Waals surface area (Å²) in [5.41, 5.74) is 1.51. The van der Waals surface area contributed by atoms with E-state index in [9.17, 15) is 0 Å². The van der Waals surface area contributed by atoms with Crippen LogP contribution in [0, 0.1) is 6.92 Å². The predicted octanol–water partition coefficient (Wildman–Crippen LogP) is 1.03. The molecule has 17 heavy (non-hydrogen) atoms. The van der Waals surface area contributed by atoms with Gasteiger partial charge in [-0.1, -0.05) is 5.16 Å². The topological polar surface area (TPSA) is 81.1 Å². The van der Waals surface area contributed by atoms with E-state index in [0.29, 0.717) is 18.0 Å². The van der Waals surface area contributed by atoms with Crippen LogP contribution < -0.4 is 5.32 Å². The summed E-state index contributed by atoms with van der Waals surface area (Å²) < 4.78 is 6.78. The SMILES string of the molecule is Cc1cc(CNc2nccn3cnnc23)no1. The number of fused-ring (bicyclic) bond motifs is 1. The van der Waals surface area contributed by atoms with E-state index in [-0.39, 0.29) is 0 Å². The van der Waals surface area contributed by atoms with E-state index in [0.717, 1.165) is 11.5 Å². The van der Waals surface area contributed by atoms with Crippen LogP contribution in [0.4, 0.5) is 5.82 Å². The van der Waals surface area contributed by atoms with Gasteiger partial charge in [-0.25, -0.2) is 4.98 Å². The van der Waals surface area contributed by atoms with Crippen molar-refractivity contribution in [3.8, 4) is 0 Å². The highest BCUT2D eigenvalue weighted by Crippen LogP contribution is 2.11. The van der Waals surface area contributed by atoms with Gasteiger partial charge in [0.2, 0.25) is 5.65 Å². The highest BCUT2D eigenvalue weighted by molar-refractivity contribution is 5.61. The van der Waals surface area contributed by atoms with E-state index in [2.05, 4.69) is 25.7 Å². The lowest BCUT2D eigenvalue weighted by Crippen LogP contribution is -2.03. The van der Waals surface area contributed by atoms with Crippen molar-refractivity contribution in [1.82, 2.24) is 24.7 Å². The van der Waals surface area contributed by atoms with Crippen molar-refractivity contribution in [3.63, 3.8) is 0 Å². The lowest BCUT2D eigenvalue weighted by Gasteiger charge is -2.03. The number of hydrogen-bond donors (Lipinski definition) is 1. The maximum Gasteiger partial charge on any atom is 0.203 e. The van der Waals surface area contributed by atoms with Gasteiger partial charge in [0.1, 0.15) is 17.8 Å². The first-order chi connectivity index (χ1) is 8.33. The monoisotopic (exact) mass is 230 g/mol. The van der Waals surface area contributed by atoms with Crippen LogP contribution in [0.5, 0.6) is 0 Å². The number of hydrogen-bond acceptors (Lipinski definition) is 6. The molecule has 0 aliphatic carbocycles. The van der Waals surface area contributed by atoms with Crippen molar-refractivity contribution < 1.29 is 4.52 Å². The van der Waals surface area contributed by atoms with Gasteiger partial charge in [0.05, 0.1) is 6.54 Å². The van der Waals surface area contributed by atoms with Gasteiger partial charge in [0.15, 0.2) is 5.82 Å². The Morgan fingerprint density at radius 1 is 1.47 bits per heavy atom. The Balaban J connectivity index is 1.83. The van der Waals surface area contributed by atoms with Crippen LogP contribution in [0.2, 0.25) is 0 Å². The van der Waals surface area contributed by atoms with Gasteiger partial charge in [-0.05, 0) is 6.92 Å². The normalized spacial score (nSPS) is 10.9. The third-order valence-corrected chi connectivity index (χ3v) is 2.33. The fourth-order valence-corrected chi connectivity index (χ4v) is 1.56. The zero-order valence-corrected chi connectivity index (χ0v) is 9.16. The molecule has 0 radical (unpaired) electrons. The third kappa shape index (κ3) is 1.82. The third-order valence-electron chi connectivity index (χ3n) is 2.33. The van der Waals surface area contributed by atoms with Gasteiger partial charge in [-0.2, -0.15) is 0 Å². The van der Waals surface area contributed by atoms with Gasteiger partial charge in [-0.3, -0.25) is 4.40 Å². The molecule has 3 aromatic rings. The number of nitrogens with zero attached hydrogens (tertiary/aromatic N) is 5. The molecule has 0 aromatic carbocycles. The first kappa shape index (κ1) is 9.76. The van der Waals surface area contributed by atoms with Crippen LogP contribution in [0.15, 0.2) is 29.3 Å². The average molecular weight is 230 g/mol. The minimum atomic E-state index is 0.539. The Morgan fingerprint density at radius 3 is 3.24 bits per heavy atom. The van der Waals surface area contributed by atoms with E-state index in [1.54, 1.807) is 23.1 Å². The van der Waals surface area contributed by atoms with E-state index in [1.165, 1.54) is 0 Å². The second-order valence-electron chi connectivity index (χ2n) is 3.62. The fraction of sp³-hybridized carbons (Fsp3) is 0.200. The molecule has 0 saturated carbocycles. The summed E-state index contributed by atoms with van der Waals surface area (Å²) >= 11 is 0. The molecule has 0 bridgehead atoms. The molecule has 7 heteroatoms. The molecular weight excluding hydrogens is 220 g/mol. The minimum absolute atomic E-state index is 0.539. The van der Waals surface area contributed by atoms with Crippen LogP contribution in [-0.2, 0) is 6.54 Å². The standard InChI is InChI=1S/C10H10N6O/c1-7-4-8(15-17-7)5-12-9-10-14-13-6-16(10)3-2-11-9/h2-4,6H,5H2,1H3,(H,11,12). The second-order valence-corrected chi connectivity index (χ2v) is 3.62. The molecular formula is C10H10N6O. The molecule has 3 aromatic heterocycles. The molecule has 0 atom stereocenters. The Kier molecular flexibility index (Phi) is 2.21. The van der Waals surface area contributed by atoms with Crippen LogP contribution in [0.1, 0.15) is 11.5 Å². The molecule has 0 fully saturated rings. The van der Waals surface area contributed by atoms with E-state index in [4.69, 9.17) is 4.52 Å². The van der Waals surface area contributed by atoms with Crippen molar-refractivity contribution in [1.29, 1.82) is 0 Å². The zero-order valence-electron chi connectivity index (χ0n) is 9.16. The quantitative estimate of drug-likeness (QED) is 0.723. The number of aromatic nitrogens is 5. The van der Waals surface area contributed by atoms with Crippen molar-refractivity contribution in [2.24, 2.45) is 0 Å². The van der Waals surface area contributed by atoms with E-state index in [1.807, 2.05) is 13.0 Å². The predicted molar refractivity (Wildman–Crippen MR) is 59.3 cm³/mol. The molecule has 7 nitrogen and oxygen atoms in total. The molecule has 0 amide bonds. The van der Waals surface area contributed by atoms with E-state index >= 15 is 0 Å². The summed E-state index contributed by atoms with van der Waals surface area (Å²) in [6.45, 7) is 2.39. The molecule has 0 unspecified atom stereocenters. The summed E-state index contributed by atoms with van der Waals surface area (Å²) in [5.74, 6) is 1.46. The summed E-state index contributed by atoms with van der Waals surface area (Å²) in [6.07, 6.45) is 5.11. The fourth-order valence-electron chi connectivity index (χ4n) is 1.56. The van der Waals surface area contributed by atoms with Crippen molar-refractivity contribution in [2.45, 2.75) is 13.5 Å².